The highest BCUT2D eigenvalue weighted by Gasteiger charge is 2.36. The molecule has 2 aromatic rings. The fraction of sp³-hybridized carbons (Fsp3) is 0.320. The van der Waals surface area contributed by atoms with E-state index in [1.807, 2.05) is 32.0 Å². The van der Waals surface area contributed by atoms with Crippen molar-refractivity contribution < 1.29 is 23.9 Å². The average Bonchev–Trinajstić information content (AvgIpc) is 2.99. The highest BCUT2D eigenvalue weighted by Crippen LogP contribution is 2.34. The summed E-state index contributed by atoms with van der Waals surface area (Å²) in [4.78, 5) is 38.9. The summed E-state index contributed by atoms with van der Waals surface area (Å²) in [6.07, 6.45) is 1.61. The zero-order valence-electron chi connectivity index (χ0n) is 19.4. The van der Waals surface area contributed by atoms with Gasteiger partial charge in [0.1, 0.15) is 6.54 Å². The lowest BCUT2D eigenvalue weighted by molar-refractivity contribution is -0.127. The van der Waals surface area contributed by atoms with E-state index in [0.29, 0.717) is 35.3 Å². The number of thioether (sulfide) groups is 1. The van der Waals surface area contributed by atoms with Gasteiger partial charge in [0.2, 0.25) is 5.91 Å². The molecule has 174 valence electrons. The lowest BCUT2D eigenvalue weighted by Gasteiger charge is -2.13. The maximum Gasteiger partial charge on any atom is 0.294 e. The van der Waals surface area contributed by atoms with Crippen LogP contribution in [0, 0.1) is 19.8 Å². The summed E-state index contributed by atoms with van der Waals surface area (Å²) in [6, 6.07) is 11.0. The molecule has 0 spiro atoms. The van der Waals surface area contributed by atoms with Gasteiger partial charge in [0.05, 0.1) is 18.6 Å². The molecule has 7 nitrogen and oxygen atoms in total. The van der Waals surface area contributed by atoms with Crippen molar-refractivity contribution in [3.8, 4) is 11.5 Å². The Morgan fingerprint density at radius 1 is 1.09 bits per heavy atom. The minimum absolute atomic E-state index is 0.247. The summed E-state index contributed by atoms with van der Waals surface area (Å²) in [5.74, 6) is 0.584. The number of nitrogens with one attached hydrogen (secondary N) is 1. The van der Waals surface area contributed by atoms with Crippen LogP contribution in [-0.4, -0.2) is 42.2 Å². The summed E-state index contributed by atoms with van der Waals surface area (Å²) < 4.78 is 11.2. The maximum absolute atomic E-state index is 12.8. The van der Waals surface area contributed by atoms with Crippen LogP contribution in [0.5, 0.6) is 11.5 Å². The van der Waals surface area contributed by atoms with Gasteiger partial charge in [0.15, 0.2) is 11.5 Å². The Hall–Kier alpha value is -3.26. The van der Waals surface area contributed by atoms with Crippen LogP contribution in [0.15, 0.2) is 41.3 Å². The Kier molecular flexibility index (Phi) is 7.81. The first-order valence-electron chi connectivity index (χ1n) is 10.6. The Balaban J connectivity index is 1.70. The number of rotatable bonds is 8. The molecule has 1 aliphatic rings. The minimum atomic E-state index is -0.500. The van der Waals surface area contributed by atoms with Gasteiger partial charge in [-0.3, -0.25) is 19.3 Å². The molecular formula is C25H28N2O5S. The van der Waals surface area contributed by atoms with Gasteiger partial charge in [0.25, 0.3) is 11.1 Å². The molecule has 0 unspecified atom stereocenters. The van der Waals surface area contributed by atoms with Crippen molar-refractivity contribution in [1.29, 1.82) is 0 Å². The Morgan fingerprint density at radius 2 is 1.79 bits per heavy atom. The summed E-state index contributed by atoms with van der Waals surface area (Å²) in [6.45, 7) is 8.18. The number of methoxy groups -OCH3 is 1. The molecule has 0 atom stereocenters. The predicted octanol–water partition coefficient (Wildman–Crippen LogP) is 5.02. The molecule has 2 aromatic carbocycles. The molecule has 0 aliphatic carbocycles. The van der Waals surface area contributed by atoms with E-state index in [2.05, 4.69) is 19.2 Å². The lowest BCUT2D eigenvalue weighted by Crippen LogP contribution is -2.36. The standard InChI is InChI=1S/C25H28N2O5S/c1-15(2)14-32-20-7-6-18(11-21(20)31-5)12-22-24(29)27(25(30)33-22)13-23(28)26-19-9-16(3)8-17(4)10-19/h6-12,15H,13-14H2,1-5H3,(H,26,28)/b22-12-. The summed E-state index contributed by atoms with van der Waals surface area (Å²) in [7, 11) is 1.55. The van der Waals surface area contributed by atoms with Crippen molar-refractivity contribution in [3.05, 3.63) is 58.0 Å². The van der Waals surface area contributed by atoms with Crippen LogP contribution in [-0.2, 0) is 9.59 Å². The van der Waals surface area contributed by atoms with Gasteiger partial charge in [0, 0.05) is 5.69 Å². The minimum Gasteiger partial charge on any atom is -0.493 e. The summed E-state index contributed by atoms with van der Waals surface area (Å²) >= 11 is 0.808. The van der Waals surface area contributed by atoms with E-state index >= 15 is 0 Å². The number of aryl methyl sites for hydroxylation is 2. The van der Waals surface area contributed by atoms with Gasteiger partial charge in [-0.05, 0) is 78.6 Å². The highest BCUT2D eigenvalue weighted by atomic mass is 32.2. The van der Waals surface area contributed by atoms with E-state index in [-0.39, 0.29) is 11.4 Å². The molecule has 3 amide bonds. The summed E-state index contributed by atoms with van der Waals surface area (Å²) in [5.41, 5.74) is 3.34. The Labute approximate surface area is 198 Å². The molecule has 3 rings (SSSR count). The number of amides is 3. The number of carbonyl (C=O) groups is 3. The molecule has 1 N–H and O–H groups in total. The quantitative estimate of drug-likeness (QED) is 0.548. The molecule has 0 radical (unpaired) electrons. The molecule has 33 heavy (non-hydrogen) atoms. The molecule has 0 bridgehead atoms. The smallest absolute Gasteiger partial charge is 0.294 e. The summed E-state index contributed by atoms with van der Waals surface area (Å²) in [5, 5.41) is 2.27. The molecule has 1 saturated heterocycles. The third kappa shape index (κ3) is 6.38. The van der Waals surface area contributed by atoms with Crippen molar-refractivity contribution in [2.45, 2.75) is 27.7 Å². The number of carbonyl (C=O) groups excluding carboxylic acids is 3. The second-order valence-corrected chi connectivity index (χ2v) is 9.30. The first-order chi connectivity index (χ1) is 15.7. The third-order valence-electron chi connectivity index (χ3n) is 4.74. The molecule has 1 fully saturated rings. The van der Waals surface area contributed by atoms with Gasteiger partial charge >= 0.3 is 0 Å². The van der Waals surface area contributed by atoms with Crippen molar-refractivity contribution in [3.63, 3.8) is 0 Å². The monoisotopic (exact) mass is 468 g/mol. The molecular weight excluding hydrogens is 440 g/mol. The topological polar surface area (TPSA) is 84.9 Å². The van der Waals surface area contributed by atoms with E-state index in [4.69, 9.17) is 9.47 Å². The Bertz CT molecular complexity index is 1090. The van der Waals surface area contributed by atoms with E-state index in [0.717, 1.165) is 27.8 Å². The molecule has 1 heterocycles. The number of anilines is 1. The molecule has 0 aromatic heterocycles. The van der Waals surface area contributed by atoms with Crippen LogP contribution < -0.4 is 14.8 Å². The number of benzene rings is 2. The van der Waals surface area contributed by atoms with Crippen molar-refractivity contribution >= 4 is 40.6 Å². The zero-order valence-corrected chi connectivity index (χ0v) is 20.2. The van der Waals surface area contributed by atoms with E-state index in [1.54, 1.807) is 31.4 Å². The van der Waals surface area contributed by atoms with Gasteiger partial charge in [-0.15, -0.1) is 0 Å². The number of imide groups is 1. The predicted molar refractivity (Wildman–Crippen MR) is 131 cm³/mol. The zero-order chi connectivity index (χ0) is 24.1. The first-order valence-corrected chi connectivity index (χ1v) is 11.4. The van der Waals surface area contributed by atoms with E-state index < -0.39 is 17.1 Å². The van der Waals surface area contributed by atoms with Gasteiger partial charge < -0.3 is 14.8 Å². The number of ether oxygens (including phenoxy) is 2. The fourth-order valence-corrected chi connectivity index (χ4v) is 4.17. The molecule has 0 saturated carbocycles. The van der Waals surface area contributed by atoms with Crippen LogP contribution in [0.4, 0.5) is 10.5 Å². The lowest BCUT2D eigenvalue weighted by atomic mass is 10.1. The van der Waals surface area contributed by atoms with Crippen molar-refractivity contribution in [2.24, 2.45) is 5.92 Å². The van der Waals surface area contributed by atoms with Gasteiger partial charge in [-0.1, -0.05) is 26.0 Å². The first kappa shape index (κ1) is 24.4. The highest BCUT2D eigenvalue weighted by molar-refractivity contribution is 8.18. The second kappa shape index (κ2) is 10.6. The van der Waals surface area contributed by atoms with Crippen molar-refractivity contribution in [2.75, 3.05) is 25.6 Å². The Morgan fingerprint density at radius 3 is 2.42 bits per heavy atom. The normalized spacial score (nSPS) is 14.8. The van der Waals surface area contributed by atoms with Gasteiger partial charge in [-0.2, -0.15) is 0 Å². The van der Waals surface area contributed by atoms with Crippen LogP contribution in [0.1, 0.15) is 30.5 Å². The SMILES string of the molecule is COc1cc(/C=C2\SC(=O)N(CC(=O)Nc3cc(C)cc(C)c3)C2=O)ccc1OCC(C)C. The number of hydrogen-bond acceptors (Lipinski definition) is 6. The average molecular weight is 469 g/mol. The number of hydrogen-bond donors (Lipinski definition) is 1. The largest absolute Gasteiger partial charge is 0.493 e. The van der Waals surface area contributed by atoms with Crippen LogP contribution in [0.25, 0.3) is 6.08 Å². The van der Waals surface area contributed by atoms with Crippen LogP contribution in [0.3, 0.4) is 0 Å². The fourth-order valence-electron chi connectivity index (χ4n) is 3.33. The van der Waals surface area contributed by atoms with Crippen LogP contribution >= 0.6 is 11.8 Å². The van der Waals surface area contributed by atoms with Crippen LogP contribution in [0.2, 0.25) is 0 Å². The van der Waals surface area contributed by atoms with Gasteiger partial charge in [-0.25, -0.2) is 0 Å². The molecule has 8 heteroatoms. The third-order valence-corrected chi connectivity index (χ3v) is 5.65. The second-order valence-electron chi connectivity index (χ2n) is 8.31. The van der Waals surface area contributed by atoms with Crippen molar-refractivity contribution in [1.82, 2.24) is 4.90 Å². The molecule has 1 aliphatic heterocycles. The maximum atomic E-state index is 12.8. The van der Waals surface area contributed by atoms with E-state index in [1.165, 1.54) is 0 Å². The number of nitrogens with zero attached hydrogens (tertiary/aromatic N) is 1. The van der Waals surface area contributed by atoms with E-state index in [9.17, 15) is 14.4 Å².